The first-order valence-electron chi connectivity index (χ1n) is 8.18. The Labute approximate surface area is 155 Å². The topological polar surface area (TPSA) is 29.1 Å². The van der Waals surface area contributed by atoms with E-state index in [0.717, 1.165) is 38.5 Å². The smallest absolute Gasteiger partial charge is 0.267 e. The van der Waals surface area contributed by atoms with Gasteiger partial charge in [0.2, 0.25) is 0 Å². The summed E-state index contributed by atoms with van der Waals surface area (Å²) in [6, 6.07) is 20.1. The molecule has 4 aromatic rings. The van der Waals surface area contributed by atoms with E-state index in [2.05, 4.69) is 24.4 Å². The first kappa shape index (κ1) is 16.1. The Balaban J connectivity index is 1.80. The largest absolute Gasteiger partial charge is 0.321 e. The average molecular weight is 366 g/mol. The lowest BCUT2D eigenvalue weighted by atomic mass is 10.1. The molecule has 0 spiro atoms. The molecule has 1 amide bonds. The quantitative estimate of drug-likeness (QED) is 0.439. The van der Waals surface area contributed by atoms with Crippen molar-refractivity contribution in [1.82, 2.24) is 0 Å². The van der Waals surface area contributed by atoms with Crippen LogP contribution in [-0.2, 0) is 6.42 Å². The molecule has 0 aliphatic carbocycles. The van der Waals surface area contributed by atoms with Crippen molar-refractivity contribution in [3.63, 3.8) is 0 Å². The third kappa shape index (κ3) is 2.80. The summed E-state index contributed by atoms with van der Waals surface area (Å²) in [5.41, 5.74) is 1.95. The zero-order valence-corrected chi connectivity index (χ0v) is 15.2. The number of benzene rings is 3. The van der Waals surface area contributed by atoms with Gasteiger partial charge in [-0.05, 0) is 34.9 Å². The molecule has 25 heavy (non-hydrogen) atoms. The van der Waals surface area contributed by atoms with Crippen molar-refractivity contribution < 1.29 is 4.79 Å². The van der Waals surface area contributed by atoms with Crippen LogP contribution in [0, 0.1) is 0 Å². The van der Waals surface area contributed by atoms with E-state index in [1.165, 1.54) is 11.3 Å². The van der Waals surface area contributed by atoms with Gasteiger partial charge in [-0.3, -0.25) is 4.79 Å². The molecule has 0 saturated heterocycles. The van der Waals surface area contributed by atoms with Crippen LogP contribution in [0.4, 0.5) is 5.69 Å². The molecule has 124 valence electrons. The van der Waals surface area contributed by atoms with Gasteiger partial charge in [0.15, 0.2) is 0 Å². The van der Waals surface area contributed by atoms with Crippen LogP contribution in [0.2, 0.25) is 5.02 Å². The fourth-order valence-corrected chi connectivity index (χ4v) is 4.57. The Morgan fingerprint density at radius 2 is 1.80 bits per heavy atom. The van der Waals surface area contributed by atoms with Crippen LogP contribution < -0.4 is 5.32 Å². The average Bonchev–Trinajstić information content (AvgIpc) is 2.99. The standard InChI is InChI=1S/C21H16ClNOS/c1-2-13-7-4-6-10-16(13)23-21(24)20-19(22)18-15-9-5-3-8-14(15)11-12-17(18)25-20/h3-12H,2H2,1H3,(H,23,24). The number of nitrogens with one attached hydrogen (secondary N) is 1. The highest BCUT2D eigenvalue weighted by Gasteiger charge is 2.19. The summed E-state index contributed by atoms with van der Waals surface area (Å²) >= 11 is 8.06. The van der Waals surface area contributed by atoms with E-state index in [1.54, 1.807) is 0 Å². The number of aryl methyl sites for hydroxylation is 1. The molecule has 0 atom stereocenters. The molecule has 1 aromatic heterocycles. The van der Waals surface area contributed by atoms with Gasteiger partial charge in [-0.1, -0.05) is 67.1 Å². The van der Waals surface area contributed by atoms with Crippen LogP contribution in [0.5, 0.6) is 0 Å². The van der Waals surface area contributed by atoms with Gasteiger partial charge in [0.05, 0.1) is 5.02 Å². The molecule has 2 nitrogen and oxygen atoms in total. The van der Waals surface area contributed by atoms with Crippen molar-refractivity contribution in [2.75, 3.05) is 5.32 Å². The molecular formula is C21H16ClNOS. The number of hydrogen-bond acceptors (Lipinski definition) is 2. The highest BCUT2D eigenvalue weighted by Crippen LogP contribution is 2.40. The van der Waals surface area contributed by atoms with E-state index in [-0.39, 0.29) is 5.91 Å². The van der Waals surface area contributed by atoms with Gasteiger partial charge in [-0.2, -0.15) is 0 Å². The van der Waals surface area contributed by atoms with Gasteiger partial charge in [0, 0.05) is 15.8 Å². The fraction of sp³-hybridized carbons (Fsp3) is 0.0952. The molecule has 1 N–H and O–H groups in total. The number of amides is 1. The molecule has 4 rings (SSSR count). The number of fused-ring (bicyclic) bond motifs is 3. The number of hydrogen-bond donors (Lipinski definition) is 1. The number of carbonyl (C=O) groups excluding carboxylic acids is 1. The first-order chi connectivity index (χ1) is 12.2. The highest BCUT2D eigenvalue weighted by molar-refractivity contribution is 7.22. The zero-order valence-electron chi connectivity index (χ0n) is 13.7. The number of rotatable bonds is 3. The van der Waals surface area contributed by atoms with E-state index < -0.39 is 0 Å². The summed E-state index contributed by atoms with van der Waals surface area (Å²) in [7, 11) is 0. The van der Waals surface area contributed by atoms with Crippen molar-refractivity contribution in [2.24, 2.45) is 0 Å². The van der Waals surface area contributed by atoms with Crippen LogP contribution in [0.15, 0.2) is 60.7 Å². The summed E-state index contributed by atoms with van der Waals surface area (Å²) in [4.78, 5) is 13.4. The molecule has 1 heterocycles. The molecule has 0 saturated carbocycles. The summed E-state index contributed by atoms with van der Waals surface area (Å²) in [5.74, 6) is -0.156. The Morgan fingerprint density at radius 1 is 1.04 bits per heavy atom. The monoisotopic (exact) mass is 365 g/mol. The summed E-state index contributed by atoms with van der Waals surface area (Å²) in [6.45, 7) is 2.07. The van der Waals surface area contributed by atoms with Crippen molar-refractivity contribution in [2.45, 2.75) is 13.3 Å². The van der Waals surface area contributed by atoms with E-state index in [9.17, 15) is 4.79 Å². The predicted octanol–water partition coefficient (Wildman–Crippen LogP) is 6.52. The number of halogens is 1. The fourth-order valence-electron chi connectivity index (χ4n) is 3.11. The van der Waals surface area contributed by atoms with Gasteiger partial charge in [0.25, 0.3) is 5.91 Å². The predicted molar refractivity (Wildman–Crippen MR) is 108 cm³/mol. The van der Waals surface area contributed by atoms with Gasteiger partial charge < -0.3 is 5.32 Å². The lowest BCUT2D eigenvalue weighted by molar-refractivity contribution is 0.103. The Morgan fingerprint density at radius 3 is 2.64 bits per heavy atom. The molecule has 4 heteroatoms. The molecule has 0 unspecified atom stereocenters. The molecular weight excluding hydrogens is 350 g/mol. The lowest BCUT2D eigenvalue weighted by Gasteiger charge is -2.08. The lowest BCUT2D eigenvalue weighted by Crippen LogP contribution is -2.12. The van der Waals surface area contributed by atoms with E-state index in [0.29, 0.717) is 9.90 Å². The van der Waals surface area contributed by atoms with Crippen molar-refractivity contribution in [1.29, 1.82) is 0 Å². The summed E-state index contributed by atoms with van der Waals surface area (Å²) in [5, 5.41) is 6.70. The molecule has 0 aliphatic rings. The maximum atomic E-state index is 12.8. The van der Waals surface area contributed by atoms with Crippen LogP contribution in [0.3, 0.4) is 0 Å². The number of anilines is 1. The van der Waals surface area contributed by atoms with Gasteiger partial charge in [0.1, 0.15) is 4.88 Å². The maximum absolute atomic E-state index is 12.8. The molecule has 0 aliphatic heterocycles. The van der Waals surface area contributed by atoms with Crippen LogP contribution >= 0.6 is 22.9 Å². The summed E-state index contributed by atoms with van der Waals surface area (Å²) < 4.78 is 1.03. The van der Waals surface area contributed by atoms with Crippen molar-refractivity contribution in [3.8, 4) is 0 Å². The van der Waals surface area contributed by atoms with Crippen LogP contribution in [0.1, 0.15) is 22.2 Å². The van der Waals surface area contributed by atoms with E-state index >= 15 is 0 Å². The van der Waals surface area contributed by atoms with Gasteiger partial charge in [-0.25, -0.2) is 0 Å². The molecule has 0 radical (unpaired) electrons. The zero-order chi connectivity index (χ0) is 17.4. The first-order valence-corrected chi connectivity index (χ1v) is 9.37. The van der Waals surface area contributed by atoms with Crippen molar-refractivity contribution in [3.05, 3.63) is 76.1 Å². The number of carbonyl (C=O) groups is 1. The molecule has 3 aromatic carbocycles. The Hall–Kier alpha value is -2.36. The number of thiophene rings is 1. The third-order valence-electron chi connectivity index (χ3n) is 4.37. The summed E-state index contributed by atoms with van der Waals surface area (Å²) in [6.07, 6.45) is 0.862. The highest BCUT2D eigenvalue weighted by atomic mass is 35.5. The Bertz CT molecular complexity index is 1100. The minimum Gasteiger partial charge on any atom is -0.321 e. The van der Waals surface area contributed by atoms with Crippen LogP contribution in [-0.4, -0.2) is 5.91 Å². The number of para-hydroxylation sites is 1. The molecule has 0 bridgehead atoms. The SMILES string of the molecule is CCc1ccccc1NC(=O)c1sc2ccc3ccccc3c2c1Cl. The maximum Gasteiger partial charge on any atom is 0.267 e. The van der Waals surface area contributed by atoms with Gasteiger partial charge in [-0.15, -0.1) is 11.3 Å². The van der Waals surface area contributed by atoms with Gasteiger partial charge >= 0.3 is 0 Å². The van der Waals surface area contributed by atoms with E-state index in [1.807, 2.05) is 48.5 Å². The second-order valence-corrected chi connectivity index (χ2v) is 7.30. The van der Waals surface area contributed by atoms with Crippen molar-refractivity contribution >= 4 is 55.4 Å². The van der Waals surface area contributed by atoms with Crippen LogP contribution in [0.25, 0.3) is 20.9 Å². The second-order valence-electron chi connectivity index (χ2n) is 5.87. The minimum absolute atomic E-state index is 0.156. The Kier molecular flexibility index (Phi) is 4.20. The minimum atomic E-state index is -0.156. The normalized spacial score (nSPS) is 11.1. The third-order valence-corrected chi connectivity index (χ3v) is 6.02. The second kappa shape index (κ2) is 6.51. The molecule has 0 fully saturated rings. The van der Waals surface area contributed by atoms with E-state index in [4.69, 9.17) is 11.6 Å².